The molecule has 26 heavy (non-hydrogen) atoms. The zero-order valence-corrected chi connectivity index (χ0v) is 16.8. The Bertz CT molecular complexity index is 959. The number of hydrogen-bond donors (Lipinski definition) is 1. The highest BCUT2D eigenvalue weighted by Gasteiger charge is 2.33. The Kier molecular flexibility index (Phi) is 5.43. The number of benzene rings is 1. The minimum atomic E-state index is -4.56. The highest BCUT2D eigenvalue weighted by molar-refractivity contribution is 7.98. The molecular weight excluding hydrogens is 450 g/mol. The second-order valence-corrected chi connectivity index (χ2v) is 8.40. The van der Waals surface area contributed by atoms with E-state index in [0.29, 0.717) is 14.9 Å². The summed E-state index contributed by atoms with van der Waals surface area (Å²) in [6.07, 6.45) is -2.76. The molecule has 0 atom stereocenters. The van der Waals surface area contributed by atoms with Gasteiger partial charge in [0.2, 0.25) is 0 Å². The molecular formula is C15H9Cl3F3N3S2. The van der Waals surface area contributed by atoms with Crippen molar-refractivity contribution in [2.24, 2.45) is 0 Å². The van der Waals surface area contributed by atoms with Gasteiger partial charge in [-0.2, -0.15) is 18.3 Å². The molecule has 0 saturated heterocycles. The number of aromatic nitrogens is 2. The third-order valence-corrected chi connectivity index (χ3v) is 5.96. The molecule has 3 rings (SSSR count). The number of thiophene rings is 1. The van der Waals surface area contributed by atoms with Gasteiger partial charge >= 0.3 is 6.18 Å². The molecule has 2 aromatic heterocycles. The van der Waals surface area contributed by atoms with Crippen molar-refractivity contribution in [3.63, 3.8) is 0 Å². The average molecular weight is 459 g/mol. The average Bonchev–Trinajstić information content (AvgIpc) is 3.09. The SMILES string of the molecule is CSc1nn(-c2c(Cl)cc(C(F)(F)F)cc2Cl)c(N)c1-c1ccc(Cl)s1. The van der Waals surface area contributed by atoms with Crippen LogP contribution < -0.4 is 5.73 Å². The number of thioether (sulfide) groups is 1. The van der Waals surface area contributed by atoms with Crippen LogP contribution in [0, 0.1) is 0 Å². The van der Waals surface area contributed by atoms with E-state index in [9.17, 15) is 13.2 Å². The number of rotatable bonds is 3. The van der Waals surface area contributed by atoms with Crippen molar-refractivity contribution < 1.29 is 13.2 Å². The van der Waals surface area contributed by atoms with Crippen molar-refractivity contribution in [3.05, 3.63) is 44.2 Å². The van der Waals surface area contributed by atoms with E-state index in [1.54, 1.807) is 18.4 Å². The summed E-state index contributed by atoms with van der Waals surface area (Å²) in [7, 11) is 0. The summed E-state index contributed by atoms with van der Waals surface area (Å²) in [4.78, 5) is 0.780. The first-order valence-corrected chi connectivity index (χ1v) is 10.1. The van der Waals surface area contributed by atoms with Crippen molar-refractivity contribution in [2.45, 2.75) is 11.2 Å². The van der Waals surface area contributed by atoms with Crippen molar-refractivity contribution in [1.82, 2.24) is 9.78 Å². The van der Waals surface area contributed by atoms with Crippen LogP contribution in [0.4, 0.5) is 19.0 Å². The largest absolute Gasteiger partial charge is 0.416 e. The molecule has 138 valence electrons. The number of nitrogens with two attached hydrogens (primary N) is 1. The van der Waals surface area contributed by atoms with Gasteiger partial charge in [0.1, 0.15) is 16.5 Å². The predicted molar refractivity (Wildman–Crippen MR) is 103 cm³/mol. The summed E-state index contributed by atoms with van der Waals surface area (Å²) < 4.78 is 40.6. The van der Waals surface area contributed by atoms with Crippen molar-refractivity contribution in [3.8, 4) is 16.1 Å². The molecule has 0 saturated carbocycles. The lowest BCUT2D eigenvalue weighted by Crippen LogP contribution is -2.08. The van der Waals surface area contributed by atoms with Crippen LogP contribution in [0.3, 0.4) is 0 Å². The zero-order valence-electron chi connectivity index (χ0n) is 12.9. The summed E-state index contributed by atoms with van der Waals surface area (Å²) in [5, 5.41) is 4.53. The lowest BCUT2D eigenvalue weighted by molar-refractivity contribution is -0.137. The summed E-state index contributed by atoms with van der Waals surface area (Å²) >= 11 is 20.8. The van der Waals surface area contributed by atoms with Crippen LogP contribution in [-0.2, 0) is 6.18 Å². The molecule has 2 heterocycles. The van der Waals surface area contributed by atoms with E-state index in [2.05, 4.69) is 5.10 Å². The number of nitrogen functional groups attached to an aromatic ring is 1. The van der Waals surface area contributed by atoms with E-state index in [4.69, 9.17) is 40.5 Å². The van der Waals surface area contributed by atoms with Crippen LogP contribution in [0.2, 0.25) is 14.4 Å². The maximum absolute atomic E-state index is 12.9. The van der Waals surface area contributed by atoms with Gasteiger partial charge < -0.3 is 5.73 Å². The molecule has 3 nitrogen and oxygen atoms in total. The first-order chi connectivity index (χ1) is 12.1. The quantitative estimate of drug-likeness (QED) is 0.435. The minimum Gasteiger partial charge on any atom is -0.383 e. The molecule has 0 radical (unpaired) electrons. The van der Waals surface area contributed by atoms with Crippen molar-refractivity contribution in [2.75, 3.05) is 12.0 Å². The molecule has 11 heteroatoms. The van der Waals surface area contributed by atoms with Gasteiger partial charge in [0.05, 0.1) is 25.5 Å². The van der Waals surface area contributed by atoms with E-state index in [-0.39, 0.29) is 21.6 Å². The molecule has 0 amide bonds. The van der Waals surface area contributed by atoms with Crippen LogP contribution in [-0.4, -0.2) is 16.0 Å². The van der Waals surface area contributed by atoms with Gasteiger partial charge in [-0.15, -0.1) is 23.1 Å². The van der Waals surface area contributed by atoms with Gasteiger partial charge in [0, 0.05) is 4.88 Å². The topological polar surface area (TPSA) is 43.8 Å². The van der Waals surface area contributed by atoms with Crippen molar-refractivity contribution >= 4 is 63.7 Å². The molecule has 0 fully saturated rings. The fraction of sp³-hybridized carbons (Fsp3) is 0.133. The highest BCUT2D eigenvalue weighted by Crippen LogP contribution is 2.43. The monoisotopic (exact) mass is 457 g/mol. The number of alkyl halides is 3. The Hall–Kier alpha value is -1.06. The standard InChI is InChI=1S/C15H9Cl3F3N3S2/c1-25-14-11(9-2-3-10(18)26-9)13(22)24(23-14)12-7(16)4-6(5-8(12)17)15(19,20)21/h2-5H,22H2,1H3. The van der Waals surface area contributed by atoms with Gasteiger partial charge in [-0.25, -0.2) is 4.68 Å². The summed E-state index contributed by atoms with van der Waals surface area (Å²) in [6, 6.07) is 5.11. The van der Waals surface area contributed by atoms with Gasteiger partial charge in [-0.3, -0.25) is 0 Å². The molecule has 0 aliphatic carbocycles. The fourth-order valence-corrected chi connectivity index (χ4v) is 4.73. The lowest BCUT2D eigenvalue weighted by Gasteiger charge is -2.13. The minimum absolute atomic E-state index is 0.0861. The smallest absolute Gasteiger partial charge is 0.383 e. The van der Waals surface area contributed by atoms with E-state index >= 15 is 0 Å². The van der Waals surface area contributed by atoms with Crippen LogP contribution in [0.25, 0.3) is 16.1 Å². The Labute approximate surface area is 169 Å². The van der Waals surface area contributed by atoms with Crippen LogP contribution in [0.5, 0.6) is 0 Å². The van der Waals surface area contributed by atoms with Gasteiger partial charge in [-0.1, -0.05) is 34.8 Å². The van der Waals surface area contributed by atoms with Gasteiger partial charge in [0.15, 0.2) is 0 Å². The first kappa shape index (κ1) is 19.7. The van der Waals surface area contributed by atoms with E-state index < -0.39 is 11.7 Å². The number of hydrogen-bond acceptors (Lipinski definition) is 4. The van der Waals surface area contributed by atoms with E-state index in [1.807, 2.05) is 0 Å². The molecule has 1 aromatic carbocycles. The van der Waals surface area contributed by atoms with Crippen LogP contribution in [0.15, 0.2) is 29.3 Å². The lowest BCUT2D eigenvalue weighted by atomic mass is 10.2. The third-order valence-electron chi connectivity index (χ3n) is 3.46. The Morgan fingerprint density at radius 3 is 2.23 bits per heavy atom. The molecule has 0 spiro atoms. The molecule has 3 aromatic rings. The highest BCUT2D eigenvalue weighted by atomic mass is 35.5. The Balaban J connectivity index is 2.21. The maximum Gasteiger partial charge on any atom is 0.416 e. The summed E-state index contributed by atoms with van der Waals surface area (Å²) in [5.41, 5.74) is 5.99. The molecule has 0 aliphatic heterocycles. The maximum atomic E-state index is 12.9. The van der Waals surface area contributed by atoms with Gasteiger partial charge in [0.25, 0.3) is 0 Å². The number of nitrogens with zero attached hydrogens (tertiary/aromatic N) is 2. The van der Waals surface area contributed by atoms with Crippen molar-refractivity contribution in [1.29, 1.82) is 0 Å². The number of anilines is 1. The van der Waals surface area contributed by atoms with Crippen LogP contribution in [0.1, 0.15) is 5.56 Å². The normalized spacial score (nSPS) is 12.0. The second-order valence-electron chi connectivity index (χ2n) is 5.07. The molecule has 0 unspecified atom stereocenters. The molecule has 2 N–H and O–H groups in total. The first-order valence-electron chi connectivity index (χ1n) is 6.88. The van der Waals surface area contributed by atoms with Crippen LogP contribution >= 0.6 is 57.9 Å². The molecule has 0 bridgehead atoms. The third kappa shape index (κ3) is 3.53. The Morgan fingerprint density at radius 1 is 1.15 bits per heavy atom. The van der Waals surface area contributed by atoms with E-state index in [1.165, 1.54) is 27.8 Å². The van der Waals surface area contributed by atoms with E-state index in [0.717, 1.165) is 17.0 Å². The Morgan fingerprint density at radius 2 is 1.77 bits per heavy atom. The molecule has 0 aliphatic rings. The number of halogens is 6. The zero-order chi connectivity index (χ0) is 19.2. The summed E-state index contributed by atoms with van der Waals surface area (Å²) in [5.74, 6) is 0.205. The second kappa shape index (κ2) is 7.16. The fourth-order valence-electron chi connectivity index (χ4n) is 2.34. The van der Waals surface area contributed by atoms with Gasteiger partial charge in [-0.05, 0) is 30.5 Å². The summed E-state index contributed by atoms with van der Waals surface area (Å²) in [6.45, 7) is 0. The predicted octanol–water partition coefficient (Wildman–Crippen LogP) is 6.88.